The van der Waals surface area contributed by atoms with Gasteiger partial charge in [-0.25, -0.2) is 0 Å². The zero-order valence-electron chi connectivity index (χ0n) is 8.61. The van der Waals surface area contributed by atoms with Gasteiger partial charge in [-0.05, 0) is 14.0 Å². The van der Waals surface area contributed by atoms with Crippen molar-refractivity contribution in [3.8, 4) is 0 Å². The van der Waals surface area contributed by atoms with Crippen molar-refractivity contribution >= 4 is 0 Å². The van der Waals surface area contributed by atoms with Crippen LogP contribution in [0, 0.1) is 0 Å². The second-order valence-corrected chi connectivity index (χ2v) is 3.92. The quantitative estimate of drug-likeness (QED) is 0.591. The zero-order valence-corrected chi connectivity index (χ0v) is 8.61. The van der Waals surface area contributed by atoms with Crippen LogP contribution in [0.2, 0.25) is 0 Å². The molecule has 3 N–H and O–H groups in total. The van der Waals surface area contributed by atoms with E-state index in [4.69, 9.17) is 5.73 Å². The van der Waals surface area contributed by atoms with E-state index in [1.54, 1.807) is 0 Å². The van der Waals surface area contributed by atoms with E-state index in [0.29, 0.717) is 12.6 Å². The number of nitrogens with zero attached hydrogens (tertiary/aromatic N) is 2. The first-order valence-corrected chi connectivity index (χ1v) is 4.94. The van der Waals surface area contributed by atoms with Gasteiger partial charge in [-0.1, -0.05) is 0 Å². The fourth-order valence-corrected chi connectivity index (χ4v) is 1.90. The largest absolute Gasteiger partial charge is 0.395 e. The maximum Gasteiger partial charge on any atom is 0.0599 e. The molecule has 0 bridgehead atoms. The molecular formula is C9H21N3O. The number of likely N-dealkylation sites (N-methyl/N-ethyl adjacent to an activating group) is 1. The molecule has 4 nitrogen and oxygen atoms in total. The normalized spacial score (nSPS) is 29.1. The summed E-state index contributed by atoms with van der Waals surface area (Å²) in [4.78, 5) is 4.56. The van der Waals surface area contributed by atoms with E-state index in [0.717, 1.165) is 19.6 Å². The van der Waals surface area contributed by atoms with Gasteiger partial charge in [0.2, 0.25) is 0 Å². The Balaban J connectivity index is 2.52. The maximum absolute atomic E-state index is 9.21. The number of nitrogens with two attached hydrogens (primary N) is 1. The lowest BCUT2D eigenvalue weighted by Crippen LogP contribution is -2.57. The molecule has 1 heterocycles. The highest BCUT2D eigenvalue weighted by atomic mass is 16.3. The molecule has 0 aliphatic carbocycles. The monoisotopic (exact) mass is 187 g/mol. The fourth-order valence-electron chi connectivity index (χ4n) is 1.90. The maximum atomic E-state index is 9.21. The minimum absolute atomic E-state index is 0.231. The van der Waals surface area contributed by atoms with E-state index in [1.807, 2.05) is 0 Å². The van der Waals surface area contributed by atoms with Crippen molar-refractivity contribution in [2.45, 2.75) is 19.0 Å². The van der Waals surface area contributed by atoms with E-state index in [1.165, 1.54) is 0 Å². The van der Waals surface area contributed by atoms with Crippen LogP contribution in [0.3, 0.4) is 0 Å². The molecule has 2 atom stereocenters. The van der Waals surface area contributed by atoms with E-state index in [-0.39, 0.29) is 12.6 Å². The predicted molar refractivity (Wildman–Crippen MR) is 53.6 cm³/mol. The molecule has 0 aromatic heterocycles. The minimum Gasteiger partial charge on any atom is -0.395 e. The van der Waals surface area contributed by atoms with Crippen molar-refractivity contribution in [2.24, 2.45) is 5.73 Å². The number of aliphatic hydroxyl groups is 1. The SMILES string of the molecule is CC(CN)N1CCN(C)CC1CO. The second kappa shape index (κ2) is 4.91. The van der Waals surface area contributed by atoms with Crippen LogP contribution in [0.4, 0.5) is 0 Å². The molecule has 13 heavy (non-hydrogen) atoms. The fraction of sp³-hybridized carbons (Fsp3) is 1.00. The van der Waals surface area contributed by atoms with E-state index in [2.05, 4.69) is 23.8 Å². The number of hydrogen-bond donors (Lipinski definition) is 2. The molecule has 0 aromatic rings. The molecule has 0 saturated carbocycles. The topological polar surface area (TPSA) is 52.7 Å². The Kier molecular flexibility index (Phi) is 4.12. The van der Waals surface area contributed by atoms with Crippen LogP contribution < -0.4 is 5.73 Å². The lowest BCUT2D eigenvalue weighted by Gasteiger charge is -2.42. The lowest BCUT2D eigenvalue weighted by molar-refractivity contribution is 0.0281. The Hall–Kier alpha value is -0.160. The van der Waals surface area contributed by atoms with E-state index >= 15 is 0 Å². The molecule has 1 aliphatic heterocycles. The van der Waals surface area contributed by atoms with Gasteiger partial charge in [-0.2, -0.15) is 0 Å². The van der Waals surface area contributed by atoms with Gasteiger partial charge >= 0.3 is 0 Å². The van der Waals surface area contributed by atoms with Gasteiger partial charge in [0.05, 0.1) is 6.61 Å². The van der Waals surface area contributed by atoms with Crippen molar-refractivity contribution in [3.63, 3.8) is 0 Å². The molecule has 1 fully saturated rings. The van der Waals surface area contributed by atoms with Crippen molar-refractivity contribution < 1.29 is 5.11 Å². The third-order valence-electron chi connectivity index (χ3n) is 2.85. The highest BCUT2D eigenvalue weighted by molar-refractivity contribution is 4.83. The first-order chi connectivity index (χ1) is 6.19. The molecule has 78 valence electrons. The minimum atomic E-state index is 0.231. The summed E-state index contributed by atoms with van der Waals surface area (Å²) in [5, 5.41) is 9.21. The summed E-state index contributed by atoms with van der Waals surface area (Å²) in [6.07, 6.45) is 0. The van der Waals surface area contributed by atoms with Crippen LogP contribution in [-0.4, -0.2) is 66.8 Å². The van der Waals surface area contributed by atoms with Crippen molar-refractivity contribution in [3.05, 3.63) is 0 Å². The first kappa shape index (κ1) is 10.9. The smallest absolute Gasteiger partial charge is 0.0599 e. The molecule has 0 spiro atoms. The number of piperazine rings is 1. The Bertz CT molecular complexity index is 154. The van der Waals surface area contributed by atoms with Crippen LogP contribution in [0.5, 0.6) is 0 Å². The molecule has 1 rings (SSSR count). The third kappa shape index (κ3) is 2.64. The Morgan fingerprint density at radius 1 is 1.54 bits per heavy atom. The molecule has 1 saturated heterocycles. The van der Waals surface area contributed by atoms with Gasteiger partial charge in [0.15, 0.2) is 0 Å². The zero-order chi connectivity index (χ0) is 9.84. The van der Waals surface area contributed by atoms with Gasteiger partial charge in [0.1, 0.15) is 0 Å². The predicted octanol–water partition coefficient (Wildman–Crippen LogP) is -1.06. The summed E-state index contributed by atoms with van der Waals surface area (Å²) in [5.74, 6) is 0. The van der Waals surface area contributed by atoms with Gasteiger partial charge in [-0.15, -0.1) is 0 Å². The van der Waals surface area contributed by atoms with Crippen molar-refractivity contribution in [2.75, 3.05) is 39.8 Å². The third-order valence-corrected chi connectivity index (χ3v) is 2.85. The Morgan fingerprint density at radius 2 is 2.23 bits per heavy atom. The number of rotatable bonds is 3. The molecule has 2 unspecified atom stereocenters. The molecular weight excluding hydrogens is 166 g/mol. The van der Waals surface area contributed by atoms with E-state index in [9.17, 15) is 5.11 Å². The molecule has 0 amide bonds. The summed E-state index contributed by atoms with van der Waals surface area (Å²) in [6.45, 7) is 6.05. The van der Waals surface area contributed by atoms with Crippen molar-refractivity contribution in [1.82, 2.24) is 9.80 Å². The summed E-state index contributed by atoms with van der Waals surface area (Å²) >= 11 is 0. The molecule has 0 aromatic carbocycles. The lowest BCUT2D eigenvalue weighted by atomic mass is 10.1. The standard InChI is InChI=1S/C9H21N3O/c1-8(5-10)12-4-3-11(2)6-9(12)7-13/h8-9,13H,3-7,10H2,1-2H3. The Labute approximate surface area is 80.3 Å². The molecule has 0 radical (unpaired) electrons. The molecule has 1 aliphatic rings. The average molecular weight is 187 g/mol. The van der Waals surface area contributed by atoms with Crippen LogP contribution in [0.1, 0.15) is 6.92 Å². The van der Waals surface area contributed by atoms with Crippen LogP contribution >= 0.6 is 0 Å². The van der Waals surface area contributed by atoms with Gasteiger partial charge in [0.25, 0.3) is 0 Å². The van der Waals surface area contributed by atoms with Crippen LogP contribution in [0.25, 0.3) is 0 Å². The Morgan fingerprint density at radius 3 is 2.77 bits per heavy atom. The highest BCUT2D eigenvalue weighted by Gasteiger charge is 2.27. The summed E-state index contributed by atoms with van der Waals surface area (Å²) in [5.41, 5.74) is 5.62. The van der Waals surface area contributed by atoms with Gasteiger partial charge in [-0.3, -0.25) is 4.90 Å². The van der Waals surface area contributed by atoms with Crippen molar-refractivity contribution in [1.29, 1.82) is 0 Å². The summed E-state index contributed by atoms with van der Waals surface area (Å²) in [6, 6.07) is 0.642. The van der Waals surface area contributed by atoms with E-state index < -0.39 is 0 Å². The van der Waals surface area contributed by atoms with Crippen LogP contribution in [-0.2, 0) is 0 Å². The molecule has 4 heteroatoms. The summed E-state index contributed by atoms with van der Waals surface area (Å²) in [7, 11) is 2.09. The highest BCUT2D eigenvalue weighted by Crippen LogP contribution is 2.11. The number of hydrogen-bond acceptors (Lipinski definition) is 4. The first-order valence-electron chi connectivity index (χ1n) is 4.94. The van der Waals surface area contributed by atoms with Gasteiger partial charge < -0.3 is 15.7 Å². The van der Waals surface area contributed by atoms with Crippen LogP contribution in [0.15, 0.2) is 0 Å². The average Bonchev–Trinajstić information content (AvgIpc) is 2.16. The number of aliphatic hydroxyl groups excluding tert-OH is 1. The van der Waals surface area contributed by atoms with Gasteiger partial charge in [0, 0.05) is 38.3 Å². The summed E-state index contributed by atoms with van der Waals surface area (Å²) < 4.78 is 0. The second-order valence-electron chi connectivity index (χ2n) is 3.92.